The van der Waals surface area contributed by atoms with Gasteiger partial charge >= 0.3 is 0 Å². The van der Waals surface area contributed by atoms with Gasteiger partial charge in [0.2, 0.25) is 0 Å². The van der Waals surface area contributed by atoms with Gasteiger partial charge in [0.05, 0.1) is 4.90 Å². The lowest BCUT2D eigenvalue weighted by Gasteiger charge is -2.54. The van der Waals surface area contributed by atoms with E-state index in [1.165, 1.54) is 82.3 Å². The summed E-state index contributed by atoms with van der Waals surface area (Å²) < 4.78 is 35.4. The first-order valence-electron chi connectivity index (χ1n) is 33.6. The molecule has 16 rings (SSSR count). The zero-order chi connectivity index (χ0) is 72.1. The van der Waals surface area contributed by atoms with Crippen molar-refractivity contribution in [2.75, 3.05) is 6.61 Å². The fourth-order valence-corrected chi connectivity index (χ4v) is 24.8. The van der Waals surface area contributed by atoms with Gasteiger partial charge in [-0.3, -0.25) is 0 Å². The number of thiophene rings is 4. The molecule has 19 heteroatoms. The van der Waals surface area contributed by atoms with Crippen molar-refractivity contribution in [3.8, 4) is 0 Å². The summed E-state index contributed by atoms with van der Waals surface area (Å²) in [5.74, 6) is -0.436. The number of aliphatic hydroxyl groups excluding tert-OH is 4. The minimum atomic E-state index is -2.99. The van der Waals surface area contributed by atoms with Crippen LogP contribution in [0.15, 0.2) is 322 Å². The Balaban J connectivity index is 1.05. The van der Waals surface area contributed by atoms with Crippen LogP contribution in [0.3, 0.4) is 0 Å². The van der Waals surface area contributed by atoms with Crippen LogP contribution in [0.5, 0.6) is 0 Å². The van der Waals surface area contributed by atoms with Crippen molar-refractivity contribution in [2.45, 2.75) is 105 Å². The summed E-state index contributed by atoms with van der Waals surface area (Å²) in [6.45, 7) is 3.71. The molecule has 0 saturated carbocycles. The monoisotopic (exact) mass is 1630 g/mol. The van der Waals surface area contributed by atoms with Crippen molar-refractivity contribution in [1.82, 2.24) is 0 Å². The molecule has 524 valence electrons. The molecule has 7 nitrogen and oxygen atoms in total. The summed E-state index contributed by atoms with van der Waals surface area (Å²) in [6.07, 6.45) is -6.06. The highest BCUT2D eigenvalue weighted by Crippen LogP contribution is 2.65. The molecule has 0 aliphatic carbocycles. The number of fused-ring (bicyclic) bond motifs is 5. The maximum atomic E-state index is 16.7. The van der Waals surface area contributed by atoms with E-state index in [0.717, 1.165) is 75.5 Å². The minimum absolute atomic E-state index is 0.143. The maximum absolute atomic E-state index is 16.7. The Labute approximate surface area is 656 Å². The lowest BCUT2D eigenvalue weighted by Crippen LogP contribution is -2.59. The fraction of sp³-hybridized carbons (Fsp3) is 0.116. The summed E-state index contributed by atoms with van der Waals surface area (Å²) in [5, 5.41) is 86.7. The van der Waals surface area contributed by atoms with E-state index < -0.39 is 41.4 Å². The van der Waals surface area contributed by atoms with Gasteiger partial charge in [-0.2, -0.15) is 0 Å². The van der Waals surface area contributed by atoms with Gasteiger partial charge < -0.3 is 34.7 Å². The van der Waals surface area contributed by atoms with Crippen LogP contribution >= 0.6 is 132 Å². The lowest BCUT2D eigenvalue weighted by molar-refractivity contribution is -0.328. The predicted molar refractivity (Wildman–Crippen MR) is 440 cm³/mol. The normalized spacial score (nSPS) is 14.3. The smallest absolute Gasteiger partial charge is 0.183 e. The molecule has 105 heavy (non-hydrogen) atoms. The highest BCUT2D eigenvalue weighted by molar-refractivity contribution is 9.10. The number of halogens is 3. The van der Waals surface area contributed by atoms with Gasteiger partial charge in [-0.25, -0.2) is 4.39 Å². The van der Waals surface area contributed by atoms with E-state index in [9.17, 15) is 10.2 Å². The van der Waals surface area contributed by atoms with Crippen LogP contribution in [-0.2, 0) is 15.9 Å². The predicted octanol–water partition coefficient (Wildman–Crippen LogP) is 26.0. The summed E-state index contributed by atoms with van der Waals surface area (Å²) in [7, 11) is 0. The van der Waals surface area contributed by atoms with Gasteiger partial charge in [0.15, 0.2) is 17.5 Å². The number of hydrogen-bond donors (Lipinski definition) is 5. The van der Waals surface area contributed by atoms with Gasteiger partial charge in [0, 0.05) is 150 Å². The molecule has 0 spiro atoms. The third-order valence-corrected chi connectivity index (χ3v) is 30.4. The summed E-state index contributed by atoms with van der Waals surface area (Å²) in [5.41, 5.74) is -1.54. The molecular weight excluding hydrogens is 1570 g/mol. The first-order chi connectivity index (χ1) is 51.2. The average Bonchev–Trinajstić information content (AvgIpc) is 1.60. The van der Waals surface area contributed by atoms with Crippen LogP contribution < -0.4 is 0 Å². The molecule has 16 aromatic rings. The Morgan fingerprint density at radius 3 is 1.64 bits per heavy atom. The third kappa shape index (κ3) is 13.8. The number of benzene rings is 11. The number of aryl methyl sites for hydroxylation is 2. The second kappa shape index (κ2) is 30.9. The Bertz CT molecular complexity index is 5910. The topological polar surface area (TPSA) is 124 Å². The number of rotatable bonds is 24. The van der Waals surface area contributed by atoms with E-state index in [2.05, 4.69) is 69.3 Å². The van der Waals surface area contributed by atoms with Crippen molar-refractivity contribution in [3.05, 3.63) is 330 Å². The van der Waals surface area contributed by atoms with Gasteiger partial charge in [-0.1, -0.05) is 237 Å². The molecule has 0 amide bonds. The van der Waals surface area contributed by atoms with Gasteiger partial charge in [0.1, 0.15) is 29.4 Å². The van der Waals surface area contributed by atoms with Crippen molar-refractivity contribution in [1.29, 1.82) is 0 Å². The molecule has 0 radical (unpaired) electrons. The molecule has 11 aromatic carbocycles. The Kier molecular flexibility index (Phi) is 21.3. The van der Waals surface area contributed by atoms with E-state index in [1.54, 1.807) is 58.3 Å². The van der Waals surface area contributed by atoms with E-state index in [-0.39, 0.29) is 40.8 Å². The lowest BCUT2D eigenvalue weighted by atomic mass is 9.64. The Hall–Kier alpha value is -6.99. The Morgan fingerprint density at radius 2 is 0.943 bits per heavy atom. The molecule has 5 N–H and O–H groups in total. The van der Waals surface area contributed by atoms with Crippen LogP contribution in [0, 0.1) is 19.7 Å². The van der Waals surface area contributed by atoms with Crippen LogP contribution in [0.1, 0.15) is 81.1 Å². The molecule has 5 heterocycles. The zero-order valence-corrected chi connectivity index (χ0v) is 65.7. The van der Waals surface area contributed by atoms with Gasteiger partial charge in [-0.15, -0.1) is 45.3 Å². The third-order valence-electron chi connectivity index (χ3n) is 19.0. The van der Waals surface area contributed by atoms with E-state index in [0.29, 0.717) is 56.7 Å². The number of furan rings is 1. The highest BCUT2D eigenvalue weighted by Gasteiger charge is 2.66. The van der Waals surface area contributed by atoms with Crippen LogP contribution in [-0.4, -0.2) is 32.1 Å². The number of para-hydroxylation sites is 1. The first-order valence-corrected chi connectivity index (χ1v) is 42.4. The molecule has 0 fully saturated rings. The zero-order valence-electron chi connectivity index (χ0n) is 56.0. The van der Waals surface area contributed by atoms with Gasteiger partial charge in [-0.05, 0) is 140 Å². The first kappa shape index (κ1) is 72.2. The molecule has 5 aromatic heterocycles. The average molecular weight is 1630 g/mol. The molecule has 0 bridgehead atoms. The van der Waals surface area contributed by atoms with E-state index >= 15 is 19.7 Å². The maximum Gasteiger partial charge on any atom is 0.183 e. The van der Waals surface area contributed by atoms with Crippen molar-refractivity contribution >= 4 is 183 Å². The fourth-order valence-electron chi connectivity index (χ4n) is 14.1. The second-order valence-corrected chi connectivity index (χ2v) is 35.7. The molecule has 6 unspecified atom stereocenters. The summed E-state index contributed by atoms with van der Waals surface area (Å²) >= 11 is 23.9. The minimum Gasteiger partial charge on any atom is -0.460 e. The molecular formula is C86H63BrClFO7S9. The highest BCUT2D eigenvalue weighted by atomic mass is 79.9. The Morgan fingerprint density at radius 1 is 0.457 bits per heavy atom. The van der Waals surface area contributed by atoms with E-state index in [1.807, 2.05) is 188 Å². The van der Waals surface area contributed by atoms with Gasteiger partial charge in [0.25, 0.3) is 0 Å². The largest absolute Gasteiger partial charge is 0.460 e. The quantitative estimate of drug-likeness (QED) is 0.0370. The van der Waals surface area contributed by atoms with E-state index in [4.69, 9.17) is 20.8 Å². The molecule has 0 aliphatic rings. The summed E-state index contributed by atoms with van der Waals surface area (Å²) in [4.78, 5) is 6.73. The van der Waals surface area contributed by atoms with Crippen molar-refractivity contribution in [2.24, 2.45) is 0 Å². The summed E-state index contributed by atoms with van der Waals surface area (Å²) in [6, 6.07) is 76.1. The number of ether oxygens (including phenoxy) is 1. The second-order valence-electron chi connectivity index (χ2n) is 25.4. The van der Waals surface area contributed by atoms with Crippen molar-refractivity contribution in [3.63, 3.8) is 0 Å². The molecule has 6 atom stereocenters. The number of hydrogen-bond acceptors (Lipinski definition) is 16. The SMILES string of the molecule is Cc1ccc2scc(Sc3ccccc3C(O)C(OC(O)c3ccccc3Sc3csc4ccc(Cl)cc34)(c3cccc(C(CCO)c4ccccc4Br)c3Sc3csc4ccc(F)cc34)C(O)(c3ccccc3Sc3csc4ccccc34)C(O)c3ccccc3Sc3c(C)oc4ccccc34)c2c1. The standard InChI is InChI=1S/C86H63BrClFO7S9/c1-49-34-37-69-61(42-49)77(46-98-69)101-72-30-13-7-22-59(72)83(92)86(96-84(93)60-23-8-15-32-74(60)102-78-47-99-70-38-35-51(88)43-62(70)78,65-26-17-24-55(53(40-41-90)54-18-3-10-27-66(54)87)81(65)105-79-48-100-71-39-36-52(89)44-63(71)79)85(94,64-25-9-16-33-75(64)103-76-45-97-68-29-12-5-20-57(68)76)82(91)58-21-6-14-31-73(58)104-80-50(2)95-67-28-11-4-19-56(67)80/h3-39,42-48,53,82-84,90-94H,40-41H2,1-2H3. The number of aliphatic hydroxyl groups is 5. The van der Waals surface area contributed by atoms with Crippen LogP contribution in [0.25, 0.3) is 51.3 Å². The van der Waals surface area contributed by atoms with Crippen LogP contribution in [0.2, 0.25) is 5.02 Å². The molecule has 0 saturated heterocycles. The molecule has 0 aliphatic heterocycles. The van der Waals surface area contributed by atoms with Crippen LogP contribution in [0.4, 0.5) is 4.39 Å². The van der Waals surface area contributed by atoms with Crippen molar-refractivity contribution < 1.29 is 39.1 Å².